The first-order valence-electron chi connectivity index (χ1n) is 6.37. The van der Waals surface area contributed by atoms with Crippen LogP contribution in [0.5, 0.6) is 0 Å². The molecule has 0 aromatic rings. The quantitative estimate of drug-likeness (QED) is 0.567. The van der Waals surface area contributed by atoms with E-state index in [0.717, 1.165) is 19.4 Å². The van der Waals surface area contributed by atoms with Crippen LogP contribution in [-0.2, 0) is 0 Å². The average molecular weight is 230 g/mol. The molecule has 2 atom stereocenters. The lowest BCUT2D eigenvalue weighted by molar-refractivity contribution is 0.166. The van der Waals surface area contributed by atoms with Crippen LogP contribution in [0.25, 0.3) is 0 Å². The van der Waals surface area contributed by atoms with Gasteiger partial charge in [-0.05, 0) is 47.1 Å². The Morgan fingerprint density at radius 2 is 1.31 bits per heavy atom. The first-order chi connectivity index (χ1) is 7.40. The minimum atomic E-state index is 0.0335. The standard InChI is InChI=1S/C12H30N4/c1-9(2)16(10(3)4)8-6-12(15)11(14)5-7-13/h9-12H,5-8,13-15H2,1-4H3. The van der Waals surface area contributed by atoms with E-state index in [9.17, 15) is 0 Å². The maximum Gasteiger partial charge on any atom is 0.0205 e. The van der Waals surface area contributed by atoms with Crippen molar-refractivity contribution in [3.63, 3.8) is 0 Å². The molecule has 0 bridgehead atoms. The predicted molar refractivity (Wildman–Crippen MR) is 71.2 cm³/mol. The van der Waals surface area contributed by atoms with Gasteiger partial charge in [-0.25, -0.2) is 0 Å². The van der Waals surface area contributed by atoms with Crippen LogP contribution in [0.1, 0.15) is 40.5 Å². The average Bonchev–Trinajstić information content (AvgIpc) is 2.16. The molecule has 0 spiro atoms. The van der Waals surface area contributed by atoms with Gasteiger partial charge in [0.2, 0.25) is 0 Å². The van der Waals surface area contributed by atoms with Crippen molar-refractivity contribution in [2.75, 3.05) is 13.1 Å². The van der Waals surface area contributed by atoms with Gasteiger partial charge in [0.1, 0.15) is 0 Å². The van der Waals surface area contributed by atoms with E-state index in [0.29, 0.717) is 18.6 Å². The van der Waals surface area contributed by atoms with Gasteiger partial charge in [-0.15, -0.1) is 0 Å². The zero-order valence-electron chi connectivity index (χ0n) is 11.3. The fourth-order valence-electron chi connectivity index (χ4n) is 2.03. The van der Waals surface area contributed by atoms with Crippen LogP contribution in [-0.4, -0.2) is 42.2 Å². The van der Waals surface area contributed by atoms with Crippen molar-refractivity contribution >= 4 is 0 Å². The van der Waals surface area contributed by atoms with Gasteiger partial charge in [0.25, 0.3) is 0 Å². The van der Waals surface area contributed by atoms with Gasteiger partial charge in [-0.1, -0.05) is 0 Å². The largest absolute Gasteiger partial charge is 0.330 e. The minimum Gasteiger partial charge on any atom is -0.330 e. The summed E-state index contributed by atoms with van der Waals surface area (Å²) in [6.45, 7) is 10.5. The van der Waals surface area contributed by atoms with Crippen LogP contribution >= 0.6 is 0 Å². The summed E-state index contributed by atoms with van der Waals surface area (Å²) in [5.41, 5.74) is 17.5. The van der Waals surface area contributed by atoms with Crippen LogP contribution in [0.2, 0.25) is 0 Å². The van der Waals surface area contributed by atoms with Crippen LogP contribution in [0.15, 0.2) is 0 Å². The monoisotopic (exact) mass is 230 g/mol. The molecule has 0 amide bonds. The third kappa shape index (κ3) is 5.80. The number of hydrogen-bond donors (Lipinski definition) is 3. The second-order valence-electron chi connectivity index (χ2n) is 5.12. The first kappa shape index (κ1) is 15.8. The fraction of sp³-hybridized carbons (Fsp3) is 1.00. The summed E-state index contributed by atoms with van der Waals surface area (Å²) in [5.74, 6) is 0. The molecule has 0 aliphatic carbocycles. The number of hydrogen-bond acceptors (Lipinski definition) is 4. The molecule has 16 heavy (non-hydrogen) atoms. The van der Waals surface area contributed by atoms with E-state index in [1.807, 2.05) is 0 Å². The Morgan fingerprint density at radius 3 is 1.69 bits per heavy atom. The van der Waals surface area contributed by atoms with E-state index in [4.69, 9.17) is 17.2 Å². The maximum absolute atomic E-state index is 6.04. The summed E-state index contributed by atoms with van der Waals surface area (Å²) in [6, 6.07) is 1.20. The Morgan fingerprint density at radius 1 is 0.875 bits per heavy atom. The SMILES string of the molecule is CC(C)N(CCC(N)C(N)CCN)C(C)C. The van der Waals surface area contributed by atoms with Gasteiger partial charge in [0.05, 0.1) is 0 Å². The summed E-state index contributed by atoms with van der Waals surface area (Å²) < 4.78 is 0. The highest BCUT2D eigenvalue weighted by Crippen LogP contribution is 2.08. The van der Waals surface area contributed by atoms with E-state index in [-0.39, 0.29) is 12.1 Å². The Labute approximate surface area is 101 Å². The summed E-state index contributed by atoms with van der Waals surface area (Å²) in [5, 5.41) is 0. The highest BCUT2D eigenvalue weighted by Gasteiger charge is 2.17. The number of nitrogens with zero attached hydrogens (tertiary/aromatic N) is 1. The lowest BCUT2D eigenvalue weighted by atomic mass is 10.0. The van der Waals surface area contributed by atoms with E-state index in [1.54, 1.807) is 0 Å². The Bertz CT molecular complexity index is 162. The smallest absolute Gasteiger partial charge is 0.0205 e. The molecule has 0 radical (unpaired) electrons. The lowest BCUT2D eigenvalue weighted by Gasteiger charge is -2.32. The molecule has 0 fully saturated rings. The van der Waals surface area contributed by atoms with Crippen molar-refractivity contribution < 1.29 is 0 Å². The van der Waals surface area contributed by atoms with Gasteiger partial charge in [-0.3, -0.25) is 4.90 Å². The summed E-state index contributed by atoms with van der Waals surface area (Å²) in [4.78, 5) is 2.44. The molecule has 4 heteroatoms. The van der Waals surface area contributed by atoms with Gasteiger partial charge >= 0.3 is 0 Å². The molecule has 2 unspecified atom stereocenters. The number of rotatable bonds is 8. The van der Waals surface area contributed by atoms with Crippen molar-refractivity contribution in [2.45, 2.75) is 64.7 Å². The molecular weight excluding hydrogens is 200 g/mol. The Hall–Kier alpha value is -0.160. The van der Waals surface area contributed by atoms with Crippen molar-refractivity contribution in [2.24, 2.45) is 17.2 Å². The Balaban J connectivity index is 4.00. The van der Waals surface area contributed by atoms with Crippen LogP contribution < -0.4 is 17.2 Å². The Kier molecular flexibility index (Phi) is 7.93. The molecule has 98 valence electrons. The molecule has 0 saturated heterocycles. The predicted octanol–water partition coefficient (Wildman–Crippen LogP) is 0.499. The summed E-state index contributed by atoms with van der Waals surface area (Å²) in [6.07, 6.45) is 1.75. The minimum absolute atomic E-state index is 0.0335. The second-order valence-corrected chi connectivity index (χ2v) is 5.12. The molecule has 0 aliphatic rings. The molecule has 0 aliphatic heterocycles. The highest BCUT2D eigenvalue weighted by atomic mass is 15.2. The summed E-state index contributed by atoms with van der Waals surface area (Å²) >= 11 is 0. The third-order valence-electron chi connectivity index (χ3n) is 3.10. The molecule has 0 saturated carbocycles. The second kappa shape index (κ2) is 8.01. The van der Waals surface area contributed by atoms with Crippen LogP contribution in [0.4, 0.5) is 0 Å². The van der Waals surface area contributed by atoms with Crippen molar-refractivity contribution in [3.05, 3.63) is 0 Å². The molecule has 0 rings (SSSR count). The lowest BCUT2D eigenvalue weighted by Crippen LogP contribution is -2.46. The van der Waals surface area contributed by atoms with Crippen LogP contribution in [0, 0.1) is 0 Å². The van der Waals surface area contributed by atoms with Crippen molar-refractivity contribution in [1.29, 1.82) is 0 Å². The van der Waals surface area contributed by atoms with Gasteiger partial charge in [0, 0.05) is 30.7 Å². The van der Waals surface area contributed by atoms with E-state index < -0.39 is 0 Å². The summed E-state index contributed by atoms with van der Waals surface area (Å²) in [7, 11) is 0. The first-order valence-corrected chi connectivity index (χ1v) is 6.37. The molecule has 0 aromatic carbocycles. The zero-order chi connectivity index (χ0) is 12.7. The van der Waals surface area contributed by atoms with Gasteiger partial charge < -0.3 is 17.2 Å². The molecular formula is C12H30N4. The normalized spacial score (nSPS) is 16.1. The van der Waals surface area contributed by atoms with E-state index in [1.165, 1.54) is 0 Å². The topological polar surface area (TPSA) is 81.3 Å². The highest BCUT2D eigenvalue weighted by molar-refractivity contribution is 4.79. The van der Waals surface area contributed by atoms with Gasteiger partial charge in [0.15, 0.2) is 0 Å². The van der Waals surface area contributed by atoms with E-state index in [2.05, 4.69) is 32.6 Å². The molecule has 4 nitrogen and oxygen atoms in total. The molecule has 0 aromatic heterocycles. The number of nitrogens with two attached hydrogens (primary N) is 3. The zero-order valence-corrected chi connectivity index (χ0v) is 11.3. The maximum atomic E-state index is 6.04. The fourth-order valence-corrected chi connectivity index (χ4v) is 2.03. The third-order valence-corrected chi connectivity index (χ3v) is 3.10. The van der Waals surface area contributed by atoms with Crippen LogP contribution in [0.3, 0.4) is 0 Å². The molecule has 6 N–H and O–H groups in total. The van der Waals surface area contributed by atoms with Crippen molar-refractivity contribution in [1.82, 2.24) is 4.90 Å². The van der Waals surface area contributed by atoms with Crippen molar-refractivity contribution in [3.8, 4) is 0 Å². The molecule has 0 heterocycles. The van der Waals surface area contributed by atoms with E-state index >= 15 is 0 Å². The van der Waals surface area contributed by atoms with Gasteiger partial charge in [-0.2, -0.15) is 0 Å².